The minimum absolute atomic E-state index is 0. The van der Waals surface area contributed by atoms with Crippen LogP contribution in [0.1, 0.15) is 64.5 Å². The molecule has 2 aliphatic heterocycles. The fraction of sp³-hybridized carbons (Fsp3) is 0.326. The van der Waals surface area contributed by atoms with Gasteiger partial charge in [0, 0.05) is 112 Å². The molecule has 56 heavy (non-hydrogen) atoms. The number of allylic oxidation sites excluding steroid dienone is 8. The molecule has 0 spiro atoms. The van der Waals surface area contributed by atoms with E-state index in [1.54, 1.807) is 0 Å². The number of unbranched alkanes of at least 4 members (excludes halogenated alkanes) is 2. The van der Waals surface area contributed by atoms with Crippen LogP contribution in [0.25, 0.3) is 21.5 Å². The first kappa shape index (κ1) is 48.7. The van der Waals surface area contributed by atoms with Crippen molar-refractivity contribution in [2.75, 3.05) is 29.5 Å². The molecule has 6 rings (SSSR count). The van der Waals surface area contributed by atoms with E-state index in [1.165, 1.54) is 32.7 Å². The van der Waals surface area contributed by atoms with Gasteiger partial charge in [0.2, 0.25) is 5.69 Å². The molecule has 0 aliphatic carbocycles. The third kappa shape index (κ3) is 10.9. The molecule has 0 bridgehead atoms. The summed E-state index contributed by atoms with van der Waals surface area (Å²) in [6, 6.07) is 25.3. The topological polar surface area (TPSA) is 118 Å². The fourth-order valence-corrected chi connectivity index (χ4v) is 9.27. The van der Waals surface area contributed by atoms with Gasteiger partial charge in [-0.25, -0.2) is 8.42 Å². The first-order valence-corrected chi connectivity index (χ1v) is 21.4. The van der Waals surface area contributed by atoms with E-state index in [0.29, 0.717) is 38.8 Å². The molecule has 288 valence electrons. The van der Waals surface area contributed by atoms with Crippen LogP contribution in [0, 0.1) is 0 Å². The van der Waals surface area contributed by atoms with Gasteiger partial charge in [-0.15, -0.1) is 24.0 Å². The second-order valence-electron chi connectivity index (χ2n) is 14.9. The third-order valence-corrected chi connectivity index (χ3v) is 12.1. The Hall–Kier alpha value is -1.62. The van der Waals surface area contributed by atoms with Crippen LogP contribution in [0.4, 0.5) is 11.4 Å². The van der Waals surface area contributed by atoms with Crippen molar-refractivity contribution < 1.29 is 30.5 Å². The van der Waals surface area contributed by atoms with Crippen LogP contribution in [0.3, 0.4) is 0 Å². The summed E-state index contributed by atoms with van der Waals surface area (Å²) in [6.45, 7) is 10.1. The van der Waals surface area contributed by atoms with Crippen molar-refractivity contribution in [2.45, 2.75) is 64.2 Å². The molecule has 2 heterocycles. The molecule has 1 N–H and O–H groups in total. The summed E-state index contributed by atoms with van der Waals surface area (Å²) in [5, 5.41) is 4.72. The normalized spacial score (nSPS) is 16.8. The molecule has 0 saturated carbocycles. The Bertz CT molecular complexity index is 2440. The fourth-order valence-electron chi connectivity index (χ4n) is 8.14. The molecule has 0 atom stereocenters. The van der Waals surface area contributed by atoms with Crippen LogP contribution in [0.2, 0.25) is 0 Å². The van der Waals surface area contributed by atoms with Gasteiger partial charge in [0.1, 0.15) is 6.54 Å². The van der Waals surface area contributed by atoms with E-state index in [4.69, 9.17) is 0 Å². The van der Waals surface area contributed by atoms with Crippen LogP contribution in [0.15, 0.2) is 121 Å². The molecule has 0 fully saturated rings. The van der Waals surface area contributed by atoms with Gasteiger partial charge in [-0.2, -0.15) is 13.0 Å². The van der Waals surface area contributed by atoms with E-state index in [1.807, 2.05) is 42.5 Å². The quantitative estimate of drug-likeness (QED) is 0.0337. The van der Waals surface area contributed by atoms with Gasteiger partial charge in [-0.1, -0.05) is 98.8 Å². The zero-order valence-electron chi connectivity index (χ0n) is 33.2. The maximum atomic E-state index is 11.4. The Labute approximate surface area is 394 Å². The van der Waals surface area contributed by atoms with E-state index < -0.39 is 20.2 Å². The molecular formula is C43H49IN2Na2O6S2. The predicted molar refractivity (Wildman–Crippen MR) is 243 cm³/mol. The summed E-state index contributed by atoms with van der Waals surface area (Å²) in [5.74, 6) is -0.620. The van der Waals surface area contributed by atoms with Crippen LogP contribution in [0.5, 0.6) is 0 Å². The van der Waals surface area contributed by atoms with Gasteiger partial charge < -0.3 is 9.45 Å². The Morgan fingerprint density at radius 2 is 1.27 bits per heavy atom. The summed E-state index contributed by atoms with van der Waals surface area (Å²) in [4.78, 5) is 2.26. The Morgan fingerprint density at radius 1 is 0.696 bits per heavy atom. The van der Waals surface area contributed by atoms with Crippen LogP contribution < -0.4 is 4.90 Å². The Kier molecular flexibility index (Phi) is 17.5. The largest absolute Gasteiger partial charge is 0.748 e. The van der Waals surface area contributed by atoms with E-state index in [9.17, 15) is 25.9 Å². The first-order valence-electron chi connectivity index (χ1n) is 18.2. The third-order valence-electron chi connectivity index (χ3n) is 10.5. The molecule has 0 aromatic heterocycles. The molecule has 0 amide bonds. The average molecular weight is 927 g/mol. The van der Waals surface area contributed by atoms with E-state index in [0.717, 1.165) is 22.8 Å². The zero-order valence-corrected chi connectivity index (χ0v) is 41.2. The van der Waals surface area contributed by atoms with Crippen molar-refractivity contribution in [1.82, 2.24) is 0 Å². The number of hydrogen-bond donors (Lipinski definition) is 1. The molecule has 2 radical (unpaired) electrons. The number of rotatable bonds is 14. The molecule has 0 saturated heterocycles. The minimum Gasteiger partial charge on any atom is -0.748 e. The van der Waals surface area contributed by atoms with Crippen molar-refractivity contribution in [1.29, 1.82) is 0 Å². The van der Waals surface area contributed by atoms with Crippen molar-refractivity contribution in [2.24, 2.45) is 0 Å². The predicted octanol–water partition coefficient (Wildman–Crippen LogP) is 8.57. The SMILES string of the molecule is CC1(C)C(=CC=CC=CC=CC2=[N+](CCCCS(=O)(=O)O)c3ccc4ccccc4c3C2(C)C)N(CCCCS(=O)(=O)[O-])c2ccc3ccccc3c21.I.[Na].[Na]. The number of hydrogen-bond acceptors (Lipinski definition) is 6. The molecule has 4 aromatic rings. The van der Waals surface area contributed by atoms with E-state index >= 15 is 0 Å². The van der Waals surface area contributed by atoms with Gasteiger partial charge in [0.25, 0.3) is 10.1 Å². The summed E-state index contributed by atoms with van der Waals surface area (Å²) >= 11 is 0. The van der Waals surface area contributed by atoms with Crippen LogP contribution >= 0.6 is 24.0 Å². The smallest absolute Gasteiger partial charge is 0.264 e. The molecular weight excluding hydrogens is 877 g/mol. The summed E-state index contributed by atoms with van der Waals surface area (Å²) in [7, 11) is -8.27. The van der Waals surface area contributed by atoms with E-state index in [-0.39, 0.29) is 105 Å². The van der Waals surface area contributed by atoms with Crippen LogP contribution in [-0.2, 0) is 31.1 Å². The van der Waals surface area contributed by atoms with E-state index in [2.05, 4.69) is 110 Å². The monoisotopic (exact) mass is 926 g/mol. The van der Waals surface area contributed by atoms with Crippen molar-refractivity contribution in [3.8, 4) is 0 Å². The number of fused-ring (bicyclic) bond motifs is 6. The first-order chi connectivity index (χ1) is 25.1. The van der Waals surface area contributed by atoms with Gasteiger partial charge in [0.15, 0.2) is 5.71 Å². The van der Waals surface area contributed by atoms with Crippen molar-refractivity contribution in [3.63, 3.8) is 0 Å². The molecule has 8 nitrogen and oxygen atoms in total. The van der Waals surface area contributed by atoms with Gasteiger partial charge in [-0.3, -0.25) is 4.55 Å². The molecule has 2 aliphatic rings. The number of benzene rings is 4. The number of nitrogens with zero attached hydrogens (tertiary/aromatic N) is 2. The summed E-state index contributed by atoms with van der Waals surface area (Å²) in [5.41, 5.74) is 6.29. The molecule has 13 heteroatoms. The molecule has 4 aromatic carbocycles. The second-order valence-corrected chi connectivity index (χ2v) is 18.0. The Balaban J connectivity index is 0.00000280. The average Bonchev–Trinajstić information content (AvgIpc) is 3.45. The summed E-state index contributed by atoms with van der Waals surface area (Å²) < 4.78 is 68.1. The Morgan fingerprint density at radius 3 is 1.91 bits per heavy atom. The van der Waals surface area contributed by atoms with Crippen molar-refractivity contribution in [3.05, 3.63) is 132 Å². The van der Waals surface area contributed by atoms with Gasteiger partial charge in [0.05, 0.1) is 21.3 Å². The second kappa shape index (κ2) is 20.1. The van der Waals surface area contributed by atoms with Gasteiger partial charge in [-0.05, 0) is 78.4 Å². The minimum atomic E-state index is -4.26. The molecule has 0 unspecified atom stereocenters. The maximum Gasteiger partial charge on any atom is 0.264 e. The van der Waals surface area contributed by atoms with Gasteiger partial charge >= 0.3 is 0 Å². The standard InChI is InChI=1S/C43H48N2O6S2.HI.2Na/c1-42(2)38(44(28-14-16-30-52(46,47)48)36-26-24-32-18-10-12-20-34(32)40(36)42)22-8-6-5-7-9-23-39-43(3,4)41-35-21-13-11-19-33(35)25-27-37(41)45(39)29-15-17-31-53(49,50)51;;;/h5-13,18-27H,14-17,28-31H2,1-4H3,(H-,46,47,48,49,50,51);1H;;. The zero-order chi connectivity index (χ0) is 38.0. The van der Waals surface area contributed by atoms with Crippen LogP contribution in [-0.4, -0.2) is 120 Å². The number of anilines is 1. The van der Waals surface area contributed by atoms with Crippen molar-refractivity contribution >= 4 is 142 Å². The summed E-state index contributed by atoms with van der Waals surface area (Å²) in [6.07, 6.45) is 16.2. The maximum absolute atomic E-state index is 11.4. The number of halogens is 1.